The van der Waals surface area contributed by atoms with Gasteiger partial charge >= 0.3 is 0 Å². The number of hydrogen-bond donors (Lipinski definition) is 2. The monoisotopic (exact) mass is 972 g/mol. The minimum Gasteiger partial charge on any atom is -0.494 e. The van der Waals surface area contributed by atoms with E-state index in [2.05, 4.69) is 138 Å². The Morgan fingerprint density at radius 1 is 0.422 bits per heavy atom. The number of nitrogens with one attached hydrogen (secondary N) is 2. The number of pyridine rings is 2. The van der Waals surface area contributed by atoms with E-state index in [-0.39, 0.29) is 0 Å². The van der Waals surface area contributed by atoms with Crippen LogP contribution in [-0.2, 0) is 0 Å². The molecule has 8 nitrogen and oxygen atoms in total. The highest BCUT2D eigenvalue weighted by atomic mass is 79.9. The van der Waals surface area contributed by atoms with Crippen molar-refractivity contribution in [1.82, 2.24) is 29.9 Å². The van der Waals surface area contributed by atoms with E-state index in [1.54, 1.807) is 0 Å². The van der Waals surface area contributed by atoms with Crippen molar-refractivity contribution in [3.63, 3.8) is 0 Å². The normalized spacial score (nSPS) is 11.9. The lowest BCUT2D eigenvalue weighted by molar-refractivity contribution is 0.305. The Morgan fingerprint density at radius 2 is 0.781 bits per heavy atom. The lowest BCUT2D eigenvalue weighted by atomic mass is 10.0. The molecule has 2 aliphatic rings. The lowest BCUT2D eigenvalue weighted by Crippen LogP contribution is -1.98. The Hall–Kier alpha value is -6.10. The third-order valence-electron chi connectivity index (χ3n) is 11.5. The number of halogens is 2. The van der Waals surface area contributed by atoms with Crippen LogP contribution in [0.1, 0.15) is 88.0 Å². The summed E-state index contributed by atoms with van der Waals surface area (Å²) in [5, 5.41) is 0. The van der Waals surface area contributed by atoms with Gasteiger partial charge in [0.05, 0.1) is 36.0 Å². The number of H-pyrrole nitrogens is 2. The van der Waals surface area contributed by atoms with Crippen molar-refractivity contribution < 1.29 is 9.47 Å². The molecule has 7 heterocycles. The summed E-state index contributed by atoms with van der Waals surface area (Å²) in [6.45, 7) is 5.77. The predicted molar refractivity (Wildman–Crippen MR) is 271 cm³/mol. The van der Waals surface area contributed by atoms with Crippen LogP contribution in [0.15, 0.2) is 119 Å². The number of nitrogens with zero attached hydrogens (tertiary/aromatic N) is 4. The Balaban J connectivity index is 1.33. The molecule has 2 aromatic carbocycles. The first kappa shape index (κ1) is 43.2. The van der Waals surface area contributed by atoms with Crippen LogP contribution >= 0.6 is 31.9 Å². The molecular formula is C54H50Br2N6O2. The third-order valence-corrected chi connectivity index (χ3v) is 12.5. The average Bonchev–Trinajstić information content (AvgIpc) is 4.15. The van der Waals surface area contributed by atoms with Crippen LogP contribution in [0, 0.1) is 0 Å². The number of rotatable bonds is 16. The highest BCUT2D eigenvalue weighted by Crippen LogP contribution is 2.40. The lowest BCUT2D eigenvalue weighted by Gasteiger charge is -2.11. The molecule has 0 fully saturated rings. The van der Waals surface area contributed by atoms with Gasteiger partial charge in [-0.25, -0.2) is 9.97 Å². The molecule has 64 heavy (non-hydrogen) atoms. The fourth-order valence-electron chi connectivity index (χ4n) is 8.48. The molecule has 0 saturated heterocycles. The van der Waals surface area contributed by atoms with Crippen molar-refractivity contribution >= 4 is 78.2 Å². The van der Waals surface area contributed by atoms with E-state index in [0.717, 1.165) is 135 Å². The molecule has 5 aromatic heterocycles. The van der Waals surface area contributed by atoms with Crippen LogP contribution in [0.5, 0.6) is 11.5 Å². The first-order valence-corrected chi connectivity index (χ1v) is 23.9. The second-order valence-electron chi connectivity index (χ2n) is 16.1. The van der Waals surface area contributed by atoms with Gasteiger partial charge in [-0.1, -0.05) is 84.2 Å². The maximum absolute atomic E-state index is 6.38. The average molecular weight is 975 g/mol. The smallest absolute Gasteiger partial charge is 0.121 e. The van der Waals surface area contributed by atoms with Crippen LogP contribution in [0.3, 0.4) is 0 Å². The summed E-state index contributed by atoms with van der Waals surface area (Å²) in [4.78, 5) is 27.4. The summed E-state index contributed by atoms with van der Waals surface area (Å²) in [7, 11) is 0. The molecular weight excluding hydrogens is 924 g/mol. The number of fused-ring (bicyclic) bond motifs is 8. The second kappa shape index (κ2) is 20.2. The highest BCUT2D eigenvalue weighted by Gasteiger charge is 2.20. The predicted octanol–water partition coefficient (Wildman–Crippen LogP) is 15.6. The summed E-state index contributed by atoms with van der Waals surface area (Å²) in [5.41, 5.74) is 14.7. The molecule has 9 rings (SSSR count). The standard InChI is InChI=1S/C54H50Br2N6O2/c1-3-5-7-9-27-63-41-31-37(29-39(55)33-41)53-47-15-11-43(59-47)51(35-19-23-57-24-20-35)45-13-17-49(61-45)54(38-30-40(56)34-42(32-38)64-28-10-8-6-4-2)50-18-14-46(62-50)52(36-21-25-58-26-22-36)44-12-16-48(53)60-44/h11-26,29-34,59,62H,3-10,27-28H2,1-2H3. The zero-order valence-corrected chi connectivity index (χ0v) is 39.3. The first-order chi connectivity index (χ1) is 31.4. The molecule has 0 saturated carbocycles. The van der Waals surface area contributed by atoms with E-state index in [0.29, 0.717) is 13.2 Å². The minimum absolute atomic E-state index is 0.659. The summed E-state index contributed by atoms with van der Waals surface area (Å²) >= 11 is 7.65. The molecule has 10 heteroatoms. The highest BCUT2D eigenvalue weighted by molar-refractivity contribution is 9.10. The van der Waals surface area contributed by atoms with Gasteiger partial charge in [-0.3, -0.25) is 9.97 Å². The van der Waals surface area contributed by atoms with E-state index < -0.39 is 0 Å². The van der Waals surface area contributed by atoms with Gasteiger partial charge in [-0.15, -0.1) is 0 Å². The zero-order chi connectivity index (χ0) is 43.8. The number of hydrogen-bond acceptors (Lipinski definition) is 6. The SMILES string of the molecule is CCCCCCOc1cc(Br)cc(-c2c3nc(c(-c4ccncc4)c4ccc([nH]4)c(-c4cc(Br)cc(OCCCCCC)c4)c4nc(c(-c5ccncc5)c5ccc2[nH]5)C=C4)C=C3)c1. The topological polar surface area (TPSA) is 102 Å². The number of unbranched alkanes of at least 4 members (excludes halogenated alkanes) is 6. The summed E-state index contributed by atoms with van der Waals surface area (Å²) in [6.07, 6.45) is 24.8. The van der Waals surface area contributed by atoms with E-state index >= 15 is 0 Å². The molecule has 8 bridgehead atoms. The van der Waals surface area contributed by atoms with Gasteiger partial charge in [0, 0.05) is 78.1 Å². The molecule has 0 radical (unpaired) electrons. The van der Waals surface area contributed by atoms with E-state index in [4.69, 9.17) is 19.4 Å². The molecule has 322 valence electrons. The van der Waals surface area contributed by atoms with E-state index in [1.807, 2.05) is 61.2 Å². The fourth-order valence-corrected chi connectivity index (χ4v) is 9.42. The van der Waals surface area contributed by atoms with Gasteiger partial charge in [-0.05, 0) is 144 Å². The quantitative estimate of drug-likeness (QED) is 0.0936. The van der Waals surface area contributed by atoms with Gasteiger partial charge in [0.2, 0.25) is 0 Å². The van der Waals surface area contributed by atoms with Crippen LogP contribution in [0.25, 0.3) is 90.9 Å². The van der Waals surface area contributed by atoms with E-state index in [1.165, 1.54) is 25.7 Å². The Kier molecular flexibility index (Phi) is 13.6. The van der Waals surface area contributed by atoms with E-state index in [9.17, 15) is 0 Å². The van der Waals surface area contributed by atoms with Crippen LogP contribution in [0.4, 0.5) is 0 Å². The maximum atomic E-state index is 6.38. The number of benzene rings is 2. The van der Waals surface area contributed by atoms with Crippen molar-refractivity contribution in [2.75, 3.05) is 13.2 Å². The Bertz CT molecular complexity index is 2810. The van der Waals surface area contributed by atoms with Crippen molar-refractivity contribution in [3.8, 4) is 56.0 Å². The Labute approximate surface area is 391 Å². The van der Waals surface area contributed by atoms with Gasteiger partial charge in [0.25, 0.3) is 0 Å². The zero-order valence-electron chi connectivity index (χ0n) is 36.1. The number of ether oxygens (including phenoxy) is 2. The van der Waals surface area contributed by atoms with Gasteiger partial charge in [-0.2, -0.15) is 0 Å². The summed E-state index contributed by atoms with van der Waals surface area (Å²) in [6, 6.07) is 29.3. The molecule has 0 unspecified atom stereocenters. The molecule has 0 amide bonds. The van der Waals surface area contributed by atoms with Crippen molar-refractivity contribution in [3.05, 3.63) is 141 Å². The van der Waals surface area contributed by atoms with Crippen LogP contribution in [-0.4, -0.2) is 43.1 Å². The van der Waals surface area contributed by atoms with Crippen LogP contribution in [0.2, 0.25) is 0 Å². The minimum atomic E-state index is 0.659. The van der Waals surface area contributed by atoms with Crippen molar-refractivity contribution in [2.24, 2.45) is 0 Å². The van der Waals surface area contributed by atoms with Gasteiger partial charge < -0.3 is 19.4 Å². The first-order valence-electron chi connectivity index (χ1n) is 22.3. The molecule has 2 N–H and O–H groups in total. The second-order valence-corrected chi connectivity index (χ2v) is 18.0. The Morgan fingerprint density at radius 3 is 1.14 bits per heavy atom. The number of aromatic amines is 2. The summed E-state index contributed by atoms with van der Waals surface area (Å²) < 4.78 is 14.6. The third kappa shape index (κ3) is 9.68. The maximum Gasteiger partial charge on any atom is 0.121 e. The number of aromatic nitrogens is 6. The van der Waals surface area contributed by atoms with Crippen LogP contribution < -0.4 is 9.47 Å². The molecule has 0 aliphatic carbocycles. The van der Waals surface area contributed by atoms with Crippen molar-refractivity contribution in [2.45, 2.75) is 65.2 Å². The van der Waals surface area contributed by atoms with Gasteiger partial charge in [0.1, 0.15) is 11.5 Å². The summed E-state index contributed by atoms with van der Waals surface area (Å²) in [5.74, 6) is 1.62. The fraction of sp³-hybridized carbons (Fsp3) is 0.222. The largest absolute Gasteiger partial charge is 0.494 e. The molecule has 7 aromatic rings. The van der Waals surface area contributed by atoms with Gasteiger partial charge in [0.15, 0.2) is 0 Å². The molecule has 0 atom stereocenters. The van der Waals surface area contributed by atoms with Crippen molar-refractivity contribution in [1.29, 1.82) is 0 Å². The molecule has 2 aliphatic heterocycles. The molecule has 0 spiro atoms.